The summed E-state index contributed by atoms with van der Waals surface area (Å²) in [6.07, 6.45) is 1.83. The first-order chi connectivity index (χ1) is 16.1. The van der Waals surface area contributed by atoms with E-state index in [0.29, 0.717) is 55.8 Å². The van der Waals surface area contributed by atoms with E-state index in [0.717, 1.165) is 11.1 Å². The van der Waals surface area contributed by atoms with Crippen molar-refractivity contribution >= 4 is 11.6 Å². The quantitative estimate of drug-likeness (QED) is 0.465. The second-order valence-electron chi connectivity index (χ2n) is 8.08. The third-order valence-electron chi connectivity index (χ3n) is 5.97. The average molecular weight is 445 g/mol. The van der Waals surface area contributed by atoms with Crippen LogP contribution in [0.25, 0.3) is 11.4 Å². The molecule has 1 fully saturated rings. The minimum atomic E-state index is -0.240. The molecule has 0 unspecified atom stereocenters. The van der Waals surface area contributed by atoms with Crippen molar-refractivity contribution in [1.82, 2.24) is 19.6 Å². The number of benzene rings is 2. The van der Waals surface area contributed by atoms with Crippen molar-refractivity contribution in [2.24, 2.45) is 0 Å². The van der Waals surface area contributed by atoms with E-state index in [1.54, 1.807) is 23.1 Å². The van der Waals surface area contributed by atoms with Crippen LogP contribution in [0.5, 0.6) is 0 Å². The molecule has 0 spiro atoms. The fraction of sp³-hybridized carbons (Fsp3) is 0.240. The summed E-state index contributed by atoms with van der Waals surface area (Å²) in [6, 6.07) is 18.2. The summed E-state index contributed by atoms with van der Waals surface area (Å²) in [5, 5.41) is 4.11. The molecular formula is C25H24FN5O2. The molecule has 2 aromatic carbocycles. The van der Waals surface area contributed by atoms with Crippen LogP contribution >= 0.6 is 0 Å². The number of anilines is 1. The first-order valence-electron chi connectivity index (χ1n) is 10.9. The third kappa shape index (κ3) is 4.24. The molecule has 0 bridgehead atoms. The van der Waals surface area contributed by atoms with Gasteiger partial charge in [-0.2, -0.15) is 4.98 Å². The van der Waals surface area contributed by atoms with Crippen LogP contribution in [0, 0.1) is 12.7 Å². The van der Waals surface area contributed by atoms with Gasteiger partial charge in [-0.1, -0.05) is 41.6 Å². The number of aromatic nitrogens is 3. The summed E-state index contributed by atoms with van der Waals surface area (Å²) < 4.78 is 21.4. The molecule has 0 N–H and O–H groups in total. The molecule has 1 saturated heterocycles. The second kappa shape index (κ2) is 8.90. The van der Waals surface area contributed by atoms with E-state index in [4.69, 9.17) is 4.52 Å². The van der Waals surface area contributed by atoms with E-state index in [1.807, 2.05) is 59.0 Å². The molecule has 7 nitrogen and oxygen atoms in total. The van der Waals surface area contributed by atoms with Crippen LogP contribution in [-0.4, -0.2) is 51.7 Å². The Balaban J connectivity index is 1.26. The van der Waals surface area contributed by atoms with Gasteiger partial charge in [-0.05, 0) is 36.8 Å². The maximum Gasteiger partial charge on any atom is 0.270 e. The maximum absolute atomic E-state index is 14.1. The van der Waals surface area contributed by atoms with Gasteiger partial charge in [0.25, 0.3) is 5.91 Å². The van der Waals surface area contributed by atoms with E-state index >= 15 is 0 Å². The standard InChI is InChI=1S/C25H24FN5O2/c1-18-7-2-3-8-19(18)24-27-23(33-28-24)17-31-12-6-11-22(31)25(32)30-15-13-29(14-16-30)21-10-5-4-9-20(21)26/h2-12H,13-17H2,1H3. The average Bonchev–Trinajstić information content (AvgIpc) is 3.49. The summed E-state index contributed by atoms with van der Waals surface area (Å²) in [4.78, 5) is 21.5. The molecule has 3 heterocycles. The Labute approximate surface area is 191 Å². The molecule has 1 aliphatic rings. The number of piperazine rings is 1. The van der Waals surface area contributed by atoms with Crippen LogP contribution in [0.15, 0.2) is 71.4 Å². The van der Waals surface area contributed by atoms with Crippen LogP contribution in [0.1, 0.15) is 21.9 Å². The van der Waals surface area contributed by atoms with Gasteiger partial charge in [0.05, 0.1) is 5.69 Å². The van der Waals surface area contributed by atoms with Crippen molar-refractivity contribution in [1.29, 1.82) is 0 Å². The molecule has 1 aliphatic heterocycles. The highest BCUT2D eigenvalue weighted by Gasteiger charge is 2.25. The SMILES string of the molecule is Cc1ccccc1-c1noc(Cn2cccc2C(=O)N2CCN(c3ccccc3F)CC2)n1. The largest absolute Gasteiger partial charge is 0.366 e. The van der Waals surface area contributed by atoms with Gasteiger partial charge < -0.3 is 18.9 Å². The molecule has 0 saturated carbocycles. The zero-order chi connectivity index (χ0) is 22.8. The molecule has 0 atom stereocenters. The molecule has 0 radical (unpaired) electrons. The molecule has 4 aromatic rings. The van der Waals surface area contributed by atoms with E-state index < -0.39 is 0 Å². The van der Waals surface area contributed by atoms with Crippen LogP contribution in [0.2, 0.25) is 0 Å². The first kappa shape index (κ1) is 20.9. The maximum atomic E-state index is 14.1. The number of halogens is 1. The Morgan fingerprint density at radius 2 is 1.76 bits per heavy atom. The summed E-state index contributed by atoms with van der Waals surface area (Å²) >= 11 is 0. The number of rotatable bonds is 5. The third-order valence-corrected chi connectivity index (χ3v) is 5.97. The number of amides is 1. The van der Waals surface area contributed by atoms with E-state index in [2.05, 4.69) is 10.1 Å². The van der Waals surface area contributed by atoms with Gasteiger partial charge in [-0.25, -0.2) is 4.39 Å². The van der Waals surface area contributed by atoms with E-state index in [1.165, 1.54) is 6.07 Å². The summed E-state index contributed by atoms with van der Waals surface area (Å²) in [5.74, 6) is 0.665. The Kier molecular flexibility index (Phi) is 5.64. The van der Waals surface area contributed by atoms with Crippen LogP contribution < -0.4 is 4.90 Å². The molecule has 2 aromatic heterocycles. The second-order valence-corrected chi connectivity index (χ2v) is 8.08. The lowest BCUT2D eigenvalue weighted by Crippen LogP contribution is -2.49. The van der Waals surface area contributed by atoms with Gasteiger partial charge in [0.1, 0.15) is 18.1 Å². The Bertz CT molecular complexity index is 1270. The van der Waals surface area contributed by atoms with Crippen molar-refractivity contribution in [3.63, 3.8) is 0 Å². The van der Waals surface area contributed by atoms with Crippen molar-refractivity contribution < 1.29 is 13.7 Å². The summed E-state index contributed by atoms with van der Waals surface area (Å²) in [7, 11) is 0. The molecule has 5 rings (SSSR count). The number of nitrogens with zero attached hydrogens (tertiary/aromatic N) is 5. The van der Waals surface area contributed by atoms with Gasteiger partial charge in [0.15, 0.2) is 0 Å². The predicted octanol–water partition coefficient (Wildman–Crippen LogP) is 4.00. The number of hydrogen-bond donors (Lipinski definition) is 0. The highest BCUT2D eigenvalue weighted by Crippen LogP contribution is 2.22. The van der Waals surface area contributed by atoms with Crippen molar-refractivity contribution in [2.75, 3.05) is 31.1 Å². The van der Waals surface area contributed by atoms with E-state index in [9.17, 15) is 9.18 Å². The van der Waals surface area contributed by atoms with Crippen LogP contribution in [0.4, 0.5) is 10.1 Å². The monoisotopic (exact) mass is 445 g/mol. The van der Waals surface area contributed by atoms with Crippen LogP contribution in [0.3, 0.4) is 0 Å². The molecule has 1 amide bonds. The highest BCUT2D eigenvalue weighted by atomic mass is 19.1. The number of para-hydroxylation sites is 1. The van der Waals surface area contributed by atoms with Crippen molar-refractivity contribution in [2.45, 2.75) is 13.5 Å². The Hall–Kier alpha value is -3.94. The molecule has 33 heavy (non-hydrogen) atoms. The van der Waals surface area contributed by atoms with Gasteiger partial charge in [0.2, 0.25) is 11.7 Å². The van der Waals surface area contributed by atoms with E-state index in [-0.39, 0.29) is 11.7 Å². The lowest BCUT2D eigenvalue weighted by Gasteiger charge is -2.36. The van der Waals surface area contributed by atoms with Gasteiger partial charge in [-0.3, -0.25) is 4.79 Å². The zero-order valence-electron chi connectivity index (χ0n) is 18.3. The Morgan fingerprint density at radius 3 is 2.55 bits per heavy atom. The molecular weight excluding hydrogens is 421 g/mol. The molecule has 168 valence electrons. The molecule has 8 heteroatoms. The summed E-state index contributed by atoms with van der Waals surface area (Å²) in [5.41, 5.74) is 3.12. The van der Waals surface area contributed by atoms with Gasteiger partial charge in [0, 0.05) is 37.9 Å². The van der Waals surface area contributed by atoms with Gasteiger partial charge >= 0.3 is 0 Å². The fourth-order valence-electron chi connectivity index (χ4n) is 4.16. The fourth-order valence-corrected chi connectivity index (χ4v) is 4.16. The summed E-state index contributed by atoms with van der Waals surface area (Å²) in [6.45, 7) is 4.52. The predicted molar refractivity (Wildman–Crippen MR) is 123 cm³/mol. The first-order valence-corrected chi connectivity index (χ1v) is 10.9. The lowest BCUT2D eigenvalue weighted by atomic mass is 10.1. The number of aryl methyl sites for hydroxylation is 1. The number of carbonyl (C=O) groups is 1. The minimum absolute atomic E-state index is 0.0631. The topological polar surface area (TPSA) is 67.4 Å². The van der Waals surface area contributed by atoms with Crippen molar-refractivity contribution in [3.8, 4) is 11.4 Å². The highest BCUT2D eigenvalue weighted by molar-refractivity contribution is 5.93. The van der Waals surface area contributed by atoms with Crippen molar-refractivity contribution in [3.05, 3.63) is 89.8 Å². The number of carbonyl (C=O) groups excluding carboxylic acids is 1. The number of hydrogen-bond acceptors (Lipinski definition) is 5. The van der Waals surface area contributed by atoms with Gasteiger partial charge in [-0.15, -0.1) is 0 Å². The lowest BCUT2D eigenvalue weighted by molar-refractivity contribution is 0.0736. The minimum Gasteiger partial charge on any atom is -0.366 e. The smallest absolute Gasteiger partial charge is 0.270 e. The Morgan fingerprint density at radius 1 is 1.00 bits per heavy atom. The van der Waals surface area contributed by atoms with Crippen LogP contribution in [-0.2, 0) is 6.54 Å². The normalized spacial score (nSPS) is 14.0. The molecule has 0 aliphatic carbocycles. The zero-order valence-corrected chi connectivity index (χ0v) is 18.3.